The molecule has 0 aliphatic rings. The van der Waals surface area contributed by atoms with Gasteiger partial charge in [0.25, 0.3) is 0 Å². The van der Waals surface area contributed by atoms with E-state index >= 15 is 0 Å². The summed E-state index contributed by atoms with van der Waals surface area (Å²) in [4.78, 5) is 16.4. The van der Waals surface area contributed by atoms with Crippen LogP contribution in [0.4, 0.5) is 5.69 Å². The van der Waals surface area contributed by atoms with E-state index in [0.717, 1.165) is 11.3 Å². The van der Waals surface area contributed by atoms with Gasteiger partial charge in [0.2, 0.25) is 11.1 Å². The first kappa shape index (κ1) is 17.0. The number of para-hydroxylation sites is 1. The molecule has 0 saturated heterocycles. The molecule has 134 valence electrons. The summed E-state index contributed by atoms with van der Waals surface area (Å²) in [5, 5.41) is 12.1. The third-order valence-corrected chi connectivity index (χ3v) is 4.66. The smallest absolute Gasteiger partial charge is 0.234 e. The Morgan fingerprint density at radius 3 is 2.56 bits per heavy atom. The van der Waals surface area contributed by atoms with Gasteiger partial charge in [0.15, 0.2) is 5.82 Å². The van der Waals surface area contributed by atoms with Crippen LogP contribution in [0.25, 0.3) is 11.4 Å². The molecule has 4 rings (SSSR count). The summed E-state index contributed by atoms with van der Waals surface area (Å²) in [6.07, 6.45) is 7.25. The van der Waals surface area contributed by atoms with Crippen LogP contribution < -0.4 is 5.32 Å². The van der Waals surface area contributed by atoms with Crippen molar-refractivity contribution in [1.82, 2.24) is 24.5 Å². The van der Waals surface area contributed by atoms with Crippen molar-refractivity contribution in [3.05, 3.63) is 79.4 Å². The standard InChI is InChI=1S/C19H16N6OS/c26-17(21-16-8-2-1-3-9-16)14-27-19-23-22-18(15-7-6-10-20-13-15)25(19)24-11-4-5-12-24/h1-13H,14H2,(H,21,26). The number of carbonyl (C=O) groups is 1. The Kier molecular flexibility index (Phi) is 4.97. The van der Waals surface area contributed by atoms with Crippen molar-refractivity contribution in [1.29, 1.82) is 0 Å². The lowest BCUT2D eigenvalue weighted by Gasteiger charge is -2.11. The molecule has 0 spiro atoms. The molecule has 3 heterocycles. The summed E-state index contributed by atoms with van der Waals surface area (Å²) in [5.74, 6) is 0.780. The predicted molar refractivity (Wildman–Crippen MR) is 104 cm³/mol. The Morgan fingerprint density at radius 2 is 1.81 bits per heavy atom. The third-order valence-electron chi connectivity index (χ3n) is 3.74. The maximum atomic E-state index is 12.3. The van der Waals surface area contributed by atoms with Crippen LogP contribution in [0.15, 0.2) is 84.5 Å². The van der Waals surface area contributed by atoms with Gasteiger partial charge in [-0.25, -0.2) is 4.68 Å². The fourth-order valence-corrected chi connectivity index (χ4v) is 3.28. The average molecular weight is 376 g/mol. The quantitative estimate of drug-likeness (QED) is 0.523. The minimum Gasteiger partial charge on any atom is -0.325 e. The summed E-state index contributed by atoms with van der Waals surface area (Å²) >= 11 is 1.32. The predicted octanol–water partition coefficient (Wildman–Crippen LogP) is 3.18. The number of thioether (sulfide) groups is 1. The minimum absolute atomic E-state index is 0.101. The van der Waals surface area contributed by atoms with Gasteiger partial charge in [0.1, 0.15) is 0 Å². The highest BCUT2D eigenvalue weighted by Crippen LogP contribution is 2.24. The van der Waals surface area contributed by atoms with Crippen molar-refractivity contribution in [2.45, 2.75) is 5.16 Å². The van der Waals surface area contributed by atoms with Crippen LogP contribution in [0.2, 0.25) is 0 Å². The second-order valence-corrected chi connectivity index (χ2v) is 6.57. The monoisotopic (exact) mass is 376 g/mol. The number of hydrogen-bond acceptors (Lipinski definition) is 5. The highest BCUT2D eigenvalue weighted by atomic mass is 32.2. The van der Waals surface area contributed by atoms with Crippen LogP contribution in [0.3, 0.4) is 0 Å². The van der Waals surface area contributed by atoms with E-state index in [4.69, 9.17) is 0 Å². The molecule has 27 heavy (non-hydrogen) atoms. The summed E-state index contributed by atoms with van der Waals surface area (Å²) in [7, 11) is 0. The fourth-order valence-electron chi connectivity index (χ4n) is 2.55. The molecule has 7 nitrogen and oxygen atoms in total. The number of rotatable bonds is 6. The van der Waals surface area contributed by atoms with E-state index in [9.17, 15) is 4.79 Å². The number of benzene rings is 1. The lowest BCUT2D eigenvalue weighted by molar-refractivity contribution is -0.113. The van der Waals surface area contributed by atoms with E-state index in [0.29, 0.717) is 11.0 Å². The number of nitrogens with zero attached hydrogens (tertiary/aromatic N) is 5. The molecule has 1 amide bonds. The molecular formula is C19H16N6OS. The van der Waals surface area contributed by atoms with Gasteiger partial charge in [0.05, 0.1) is 5.75 Å². The van der Waals surface area contributed by atoms with Crippen molar-refractivity contribution in [3.8, 4) is 11.4 Å². The molecule has 0 fully saturated rings. The molecule has 0 aliphatic heterocycles. The number of amides is 1. The Labute approximate surface area is 160 Å². The SMILES string of the molecule is O=C(CSc1nnc(-c2cccnc2)n1-n1cccc1)Nc1ccccc1. The second kappa shape index (κ2) is 7.88. The number of aromatic nitrogens is 5. The van der Waals surface area contributed by atoms with E-state index < -0.39 is 0 Å². The number of nitrogens with one attached hydrogen (secondary N) is 1. The van der Waals surface area contributed by atoms with E-state index in [1.165, 1.54) is 11.8 Å². The first-order chi connectivity index (χ1) is 13.3. The highest BCUT2D eigenvalue weighted by Gasteiger charge is 2.17. The van der Waals surface area contributed by atoms with E-state index in [-0.39, 0.29) is 11.7 Å². The van der Waals surface area contributed by atoms with Gasteiger partial charge in [-0.05, 0) is 36.4 Å². The van der Waals surface area contributed by atoms with Gasteiger partial charge < -0.3 is 5.32 Å². The first-order valence-electron chi connectivity index (χ1n) is 8.28. The highest BCUT2D eigenvalue weighted by molar-refractivity contribution is 7.99. The molecule has 0 bridgehead atoms. The summed E-state index contributed by atoms with van der Waals surface area (Å²) in [5.41, 5.74) is 1.62. The molecule has 4 aromatic rings. The Hall–Kier alpha value is -3.39. The molecule has 3 aromatic heterocycles. The van der Waals surface area contributed by atoms with Gasteiger partial charge in [-0.15, -0.1) is 10.2 Å². The number of pyridine rings is 1. The summed E-state index contributed by atoms with van der Waals surface area (Å²) in [6.45, 7) is 0. The van der Waals surface area contributed by atoms with Crippen LogP contribution in [-0.2, 0) is 4.79 Å². The van der Waals surface area contributed by atoms with Gasteiger partial charge in [-0.1, -0.05) is 30.0 Å². The molecule has 8 heteroatoms. The lowest BCUT2D eigenvalue weighted by atomic mass is 10.3. The minimum atomic E-state index is -0.101. The molecule has 0 unspecified atom stereocenters. The Balaban J connectivity index is 1.56. The largest absolute Gasteiger partial charge is 0.325 e. The number of anilines is 1. The van der Waals surface area contributed by atoms with E-state index in [1.807, 2.05) is 76.3 Å². The topological polar surface area (TPSA) is 77.6 Å². The zero-order chi connectivity index (χ0) is 18.5. The molecule has 0 aliphatic carbocycles. The van der Waals surface area contributed by atoms with Gasteiger partial charge in [0, 0.05) is 36.0 Å². The van der Waals surface area contributed by atoms with Crippen LogP contribution in [0.5, 0.6) is 0 Å². The summed E-state index contributed by atoms with van der Waals surface area (Å²) < 4.78 is 3.73. The van der Waals surface area contributed by atoms with Crippen molar-refractivity contribution < 1.29 is 4.79 Å². The Bertz CT molecular complexity index is 1020. The third kappa shape index (κ3) is 3.90. The normalized spacial score (nSPS) is 10.7. The zero-order valence-electron chi connectivity index (χ0n) is 14.3. The van der Waals surface area contributed by atoms with Crippen molar-refractivity contribution in [2.24, 2.45) is 0 Å². The second-order valence-electron chi connectivity index (χ2n) is 5.63. The van der Waals surface area contributed by atoms with Gasteiger partial charge in [-0.2, -0.15) is 0 Å². The summed E-state index contributed by atoms with van der Waals surface area (Å²) in [6, 6.07) is 17.0. The van der Waals surface area contributed by atoms with Crippen molar-refractivity contribution >= 4 is 23.4 Å². The van der Waals surface area contributed by atoms with E-state index in [2.05, 4.69) is 20.5 Å². The lowest BCUT2D eigenvalue weighted by Crippen LogP contribution is -2.15. The molecule has 0 atom stereocenters. The maximum absolute atomic E-state index is 12.3. The zero-order valence-corrected chi connectivity index (χ0v) is 15.1. The number of hydrogen-bond donors (Lipinski definition) is 1. The van der Waals surface area contributed by atoms with E-state index in [1.54, 1.807) is 12.4 Å². The fraction of sp³-hybridized carbons (Fsp3) is 0.0526. The van der Waals surface area contributed by atoms with Gasteiger partial charge in [-0.3, -0.25) is 14.5 Å². The Morgan fingerprint density at radius 1 is 1.00 bits per heavy atom. The molecular weight excluding hydrogens is 360 g/mol. The average Bonchev–Trinajstić information content (AvgIpc) is 3.37. The van der Waals surface area contributed by atoms with Crippen LogP contribution >= 0.6 is 11.8 Å². The van der Waals surface area contributed by atoms with Crippen LogP contribution in [-0.4, -0.2) is 36.2 Å². The van der Waals surface area contributed by atoms with Crippen molar-refractivity contribution in [2.75, 3.05) is 11.1 Å². The number of carbonyl (C=O) groups excluding carboxylic acids is 1. The molecule has 1 aromatic carbocycles. The van der Waals surface area contributed by atoms with Gasteiger partial charge >= 0.3 is 0 Å². The molecule has 0 saturated carbocycles. The molecule has 1 N–H and O–H groups in total. The van der Waals surface area contributed by atoms with Crippen molar-refractivity contribution in [3.63, 3.8) is 0 Å². The van der Waals surface area contributed by atoms with Crippen LogP contribution in [0, 0.1) is 0 Å². The van der Waals surface area contributed by atoms with Crippen LogP contribution in [0.1, 0.15) is 0 Å². The maximum Gasteiger partial charge on any atom is 0.234 e. The molecule has 0 radical (unpaired) electrons. The first-order valence-corrected chi connectivity index (χ1v) is 9.27.